The lowest BCUT2D eigenvalue weighted by atomic mass is 10.0. The summed E-state index contributed by atoms with van der Waals surface area (Å²) >= 11 is 0. The molecule has 0 heterocycles. The van der Waals surface area contributed by atoms with Crippen LogP contribution >= 0.6 is 0 Å². The van der Waals surface area contributed by atoms with E-state index < -0.39 is 12.1 Å². The summed E-state index contributed by atoms with van der Waals surface area (Å²) in [5.41, 5.74) is 1.69. The minimum atomic E-state index is -0.537. The summed E-state index contributed by atoms with van der Waals surface area (Å²) < 4.78 is 4.57. The summed E-state index contributed by atoms with van der Waals surface area (Å²) in [6.45, 7) is 3.64. The van der Waals surface area contributed by atoms with Crippen molar-refractivity contribution in [3.63, 3.8) is 0 Å². The largest absolute Gasteiger partial charge is 0.453 e. The second-order valence-corrected chi connectivity index (χ2v) is 3.99. The molecule has 0 aliphatic heterocycles. The summed E-state index contributed by atoms with van der Waals surface area (Å²) in [7, 11) is 2.84. The maximum Gasteiger partial charge on any atom is 0.409 e. The number of nitrogens with zero attached hydrogens (tertiary/aromatic N) is 1. The molecule has 0 N–H and O–H groups in total. The quantitative estimate of drug-likeness (QED) is 0.755. The molecule has 92 valence electrons. The van der Waals surface area contributed by atoms with Crippen LogP contribution in [0.25, 0.3) is 0 Å². The van der Waals surface area contributed by atoms with E-state index in [1.165, 1.54) is 12.0 Å². The first-order valence-corrected chi connectivity index (χ1v) is 5.39. The highest BCUT2D eigenvalue weighted by molar-refractivity contribution is 6.01. The second-order valence-electron chi connectivity index (χ2n) is 3.99. The van der Waals surface area contributed by atoms with Crippen molar-refractivity contribution in [3.05, 3.63) is 35.4 Å². The minimum absolute atomic E-state index is 0.0992. The number of methoxy groups -OCH3 is 1. The monoisotopic (exact) mass is 235 g/mol. The summed E-state index contributed by atoms with van der Waals surface area (Å²) in [5, 5.41) is 0. The maximum atomic E-state index is 12.1. The van der Waals surface area contributed by atoms with Gasteiger partial charge < -0.3 is 9.64 Å². The number of likely N-dealkylation sites (N-methyl/N-ethyl adjacent to an activating group) is 1. The van der Waals surface area contributed by atoms with Crippen LogP contribution in [-0.2, 0) is 4.74 Å². The number of benzene rings is 1. The van der Waals surface area contributed by atoms with Crippen molar-refractivity contribution in [2.75, 3.05) is 14.2 Å². The molecule has 0 radical (unpaired) electrons. The van der Waals surface area contributed by atoms with Gasteiger partial charge in [-0.15, -0.1) is 0 Å². The predicted molar refractivity (Wildman–Crippen MR) is 65.1 cm³/mol. The predicted octanol–water partition coefficient (Wildman–Crippen LogP) is 2.26. The summed E-state index contributed by atoms with van der Waals surface area (Å²) in [6.07, 6.45) is -0.516. The van der Waals surface area contributed by atoms with Gasteiger partial charge in [0, 0.05) is 12.6 Å². The van der Waals surface area contributed by atoms with Gasteiger partial charge in [0.2, 0.25) is 0 Å². The fourth-order valence-electron chi connectivity index (χ4n) is 1.44. The Morgan fingerprint density at radius 2 is 1.76 bits per heavy atom. The third kappa shape index (κ3) is 3.06. The molecule has 17 heavy (non-hydrogen) atoms. The molecular formula is C13H17NO3. The normalized spacial score (nSPS) is 11.8. The molecule has 0 saturated carbocycles. The molecule has 4 heteroatoms. The Labute approximate surface area is 101 Å². The lowest BCUT2D eigenvalue weighted by Crippen LogP contribution is -2.40. The molecule has 0 aliphatic rings. The van der Waals surface area contributed by atoms with Gasteiger partial charge >= 0.3 is 6.09 Å². The van der Waals surface area contributed by atoms with Crippen molar-refractivity contribution >= 4 is 11.9 Å². The van der Waals surface area contributed by atoms with Crippen LogP contribution in [-0.4, -0.2) is 37.0 Å². The Morgan fingerprint density at radius 3 is 2.24 bits per heavy atom. The van der Waals surface area contributed by atoms with Crippen molar-refractivity contribution in [1.29, 1.82) is 0 Å². The van der Waals surface area contributed by atoms with Gasteiger partial charge in [0.25, 0.3) is 0 Å². The van der Waals surface area contributed by atoms with Gasteiger partial charge in [0.1, 0.15) is 0 Å². The van der Waals surface area contributed by atoms with Gasteiger partial charge in [0.15, 0.2) is 5.78 Å². The van der Waals surface area contributed by atoms with Crippen LogP contribution in [0.2, 0.25) is 0 Å². The molecule has 1 unspecified atom stereocenters. The van der Waals surface area contributed by atoms with Crippen molar-refractivity contribution < 1.29 is 14.3 Å². The van der Waals surface area contributed by atoms with Gasteiger partial charge in [-0.3, -0.25) is 4.79 Å². The number of aryl methyl sites for hydroxylation is 1. The highest BCUT2D eigenvalue weighted by Crippen LogP contribution is 2.10. The summed E-state index contributed by atoms with van der Waals surface area (Å²) in [5.74, 6) is -0.0992. The number of amides is 1. The third-order valence-electron chi connectivity index (χ3n) is 2.76. The number of carbonyl (C=O) groups excluding carboxylic acids is 2. The molecule has 4 nitrogen and oxygen atoms in total. The van der Waals surface area contributed by atoms with Gasteiger partial charge in [-0.25, -0.2) is 4.79 Å². The van der Waals surface area contributed by atoms with Gasteiger partial charge in [0.05, 0.1) is 13.2 Å². The third-order valence-corrected chi connectivity index (χ3v) is 2.76. The maximum absolute atomic E-state index is 12.1. The number of ketones is 1. The van der Waals surface area contributed by atoms with Crippen LogP contribution in [0.3, 0.4) is 0 Å². The Bertz CT molecular complexity index is 411. The number of carbonyl (C=O) groups is 2. The van der Waals surface area contributed by atoms with E-state index in [1.807, 2.05) is 19.1 Å². The van der Waals surface area contributed by atoms with Crippen LogP contribution in [0.15, 0.2) is 24.3 Å². The topological polar surface area (TPSA) is 46.6 Å². The molecule has 1 aromatic rings. The molecule has 1 aromatic carbocycles. The molecule has 0 spiro atoms. The standard InChI is InChI=1S/C13H17NO3/c1-9-5-7-11(8-6-9)12(15)10(2)14(3)13(16)17-4/h5-8,10H,1-4H3. The fourth-order valence-corrected chi connectivity index (χ4v) is 1.44. The zero-order valence-corrected chi connectivity index (χ0v) is 10.6. The molecule has 1 rings (SSSR count). The first kappa shape index (κ1) is 13.2. The van der Waals surface area contributed by atoms with Gasteiger partial charge in [-0.05, 0) is 13.8 Å². The van der Waals surface area contributed by atoms with E-state index in [0.29, 0.717) is 5.56 Å². The molecule has 1 amide bonds. The van der Waals surface area contributed by atoms with E-state index in [9.17, 15) is 9.59 Å². The molecule has 0 fully saturated rings. The number of rotatable bonds is 3. The van der Waals surface area contributed by atoms with E-state index in [0.717, 1.165) is 5.56 Å². The average Bonchev–Trinajstić information content (AvgIpc) is 2.36. The van der Waals surface area contributed by atoms with Crippen molar-refractivity contribution in [1.82, 2.24) is 4.90 Å². The minimum Gasteiger partial charge on any atom is -0.453 e. The molecule has 0 bridgehead atoms. The van der Waals surface area contributed by atoms with Gasteiger partial charge in [-0.1, -0.05) is 29.8 Å². The lowest BCUT2D eigenvalue weighted by molar-refractivity contribution is 0.0815. The molecule has 1 atom stereocenters. The molecule has 0 saturated heterocycles. The van der Waals surface area contributed by atoms with Crippen LogP contribution in [0.5, 0.6) is 0 Å². The second kappa shape index (κ2) is 5.48. The van der Waals surface area contributed by atoms with Gasteiger partial charge in [-0.2, -0.15) is 0 Å². The number of hydrogen-bond donors (Lipinski definition) is 0. The fraction of sp³-hybridized carbons (Fsp3) is 0.385. The molecule has 0 aromatic heterocycles. The highest BCUT2D eigenvalue weighted by atomic mass is 16.5. The Balaban J connectivity index is 2.83. The van der Waals surface area contributed by atoms with E-state index in [-0.39, 0.29) is 5.78 Å². The van der Waals surface area contributed by atoms with E-state index in [4.69, 9.17) is 0 Å². The zero-order valence-electron chi connectivity index (χ0n) is 10.6. The lowest BCUT2D eigenvalue weighted by Gasteiger charge is -2.22. The molecule has 0 aliphatic carbocycles. The van der Waals surface area contributed by atoms with Crippen LogP contribution < -0.4 is 0 Å². The Hall–Kier alpha value is -1.84. The SMILES string of the molecule is COC(=O)N(C)C(C)C(=O)c1ccc(C)cc1. The average molecular weight is 235 g/mol. The Kier molecular flexibility index (Phi) is 4.26. The van der Waals surface area contributed by atoms with Crippen LogP contribution in [0, 0.1) is 6.92 Å². The smallest absolute Gasteiger partial charge is 0.409 e. The van der Waals surface area contributed by atoms with Crippen molar-refractivity contribution in [3.8, 4) is 0 Å². The van der Waals surface area contributed by atoms with E-state index in [2.05, 4.69) is 4.74 Å². The molecular weight excluding hydrogens is 218 g/mol. The number of ether oxygens (including phenoxy) is 1. The Morgan fingerprint density at radius 1 is 1.24 bits per heavy atom. The van der Waals surface area contributed by atoms with Crippen LogP contribution in [0.4, 0.5) is 4.79 Å². The first-order chi connectivity index (χ1) is 7.97. The van der Waals surface area contributed by atoms with Crippen molar-refractivity contribution in [2.45, 2.75) is 19.9 Å². The van der Waals surface area contributed by atoms with Crippen molar-refractivity contribution in [2.24, 2.45) is 0 Å². The first-order valence-electron chi connectivity index (χ1n) is 5.39. The summed E-state index contributed by atoms with van der Waals surface area (Å²) in [6, 6.07) is 6.74. The highest BCUT2D eigenvalue weighted by Gasteiger charge is 2.23. The van der Waals surface area contributed by atoms with Crippen LogP contribution in [0.1, 0.15) is 22.8 Å². The van der Waals surface area contributed by atoms with E-state index in [1.54, 1.807) is 26.1 Å². The zero-order chi connectivity index (χ0) is 13.0. The number of hydrogen-bond acceptors (Lipinski definition) is 3. The summed E-state index contributed by atoms with van der Waals surface area (Å²) in [4.78, 5) is 24.6. The van der Waals surface area contributed by atoms with E-state index >= 15 is 0 Å². The number of Topliss-reactive ketones (excluding diaryl/α,β-unsaturated/α-hetero) is 1.